The quantitative estimate of drug-likeness (QED) is 0.481. The number of nitrogens with zero attached hydrogens (tertiary/aromatic N) is 3. The highest BCUT2D eigenvalue weighted by molar-refractivity contribution is 5.92. The normalized spacial score (nSPS) is 18.1. The topological polar surface area (TPSA) is 38.8 Å². The molecule has 36 heavy (non-hydrogen) atoms. The molecule has 3 aromatic rings. The maximum absolute atomic E-state index is 13.6. The maximum Gasteiger partial charge on any atom is 0.322 e. The van der Waals surface area contributed by atoms with Crippen LogP contribution < -0.4 is 10.2 Å². The summed E-state index contributed by atoms with van der Waals surface area (Å²) in [6, 6.07) is 32.1. The van der Waals surface area contributed by atoms with Gasteiger partial charge in [0.15, 0.2) is 0 Å². The predicted molar refractivity (Wildman–Crippen MR) is 147 cm³/mol. The molecule has 0 unspecified atom stereocenters. The summed E-state index contributed by atoms with van der Waals surface area (Å²) in [5, 5.41) is 3.40. The number of urea groups is 1. The molecule has 5 rings (SSSR count). The molecule has 0 radical (unpaired) electrons. The van der Waals surface area contributed by atoms with Gasteiger partial charge in [-0.05, 0) is 48.9 Å². The van der Waals surface area contributed by atoms with E-state index in [0.29, 0.717) is 0 Å². The van der Waals surface area contributed by atoms with Crippen molar-refractivity contribution in [1.29, 1.82) is 0 Å². The first kappa shape index (κ1) is 24.5. The molecule has 0 aromatic heterocycles. The lowest BCUT2D eigenvalue weighted by molar-refractivity contribution is 0.182. The first-order chi connectivity index (χ1) is 17.7. The number of amides is 2. The van der Waals surface area contributed by atoms with E-state index in [-0.39, 0.29) is 18.1 Å². The Kier molecular flexibility index (Phi) is 8.32. The highest BCUT2D eigenvalue weighted by Crippen LogP contribution is 2.25. The Balaban J connectivity index is 1.17. The summed E-state index contributed by atoms with van der Waals surface area (Å²) in [5.74, 6) is 0. The van der Waals surface area contributed by atoms with Gasteiger partial charge in [-0.1, -0.05) is 78.9 Å². The largest absolute Gasteiger partial charge is 0.335 e. The summed E-state index contributed by atoms with van der Waals surface area (Å²) in [7, 11) is 0. The van der Waals surface area contributed by atoms with Crippen molar-refractivity contribution >= 4 is 11.7 Å². The zero-order valence-electron chi connectivity index (χ0n) is 21.1. The van der Waals surface area contributed by atoms with E-state index in [1.54, 1.807) is 0 Å². The third kappa shape index (κ3) is 6.54. The Morgan fingerprint density at radius 1 is 0.667 bits per heavy atom. The number of likely N-dealkylation sites (tertiary alicyclic amines) is 2. The summed E-state index contributed by atoms with van der Waals surface area (Å²) < 4.78 is 0. The number of nitrogens with one attached hydrogen (secondary N) is 1. The smallest absolute Gasteiger partial charge is 0.322 e. The zero-order valence-corrected chi connectivity index (χ0v) is 21.1. The average molecular weight is 483 g/mol. The van der Waals surface area contributed by atoms with Gasteiger partial charge in [-0.25, -0.2) is 4.79 Å². The van der Waals surface area contributed by atoms with Gasteiger partial charge in [0.2, 0.25) is 0 Å². The van der Waals surface area contributed by atoms with Crippen LogP contribution in [0.1, 0.15) is 36.8 Å². The van der Waals surface area contributed by atoms with Crippen molar-refractivity contribution in [3.05, 3.63) is 102 Å². The monoisotopic (exact) mass is 482 g/mol. The van der Waals surface area contributed by atoms with Crippen LogP contribution in [0.3, 0.4) is 0 Å². The number of benzene rings is 3. The molecule has 1 N–H and O–H groups in total. The van der Waals surface area contributed by atoms with Gasteiger partial charge in [0.25, 0.3) is 0 Å². The molecule has 2 aliphatic rings. The summed E-state index contributed by atoms with van der Waals surface area (Å²) in [6.07, 6.45) is 3.97. The minimum absolute atomic E-state index is 0.0595. The minimum atomic E-state index is 0.0595. The lowest BCUT2D eigenvalue weighted by atomic mass is 10.0. The summed E-state index contributed by atoms with van der Waals surface area (Å²) in [4.78, 5) is 20.7. The molecule has 3 aromatic carbocycles. The summed E-state index contributed by atoms with van der Waals surface area (Å²) in [5.41, 5.74) is 3.71. The van der Waals surface area contributed by atoms with E-state index in [2.05, 4.69) is 87.9 Å². The molecule has 0 aliphatic carbocycles. The molecule has 2 heterocycles. The Bertz CT molecular complexity index is 1060. The molecule has 0 saturated carbocycles. The number of carbonyl (C=O) groups excluding carboxylic acids is 1. The average Bonchev–Trinajstić information content (AvgIpc) is 2.93. The molecule has 0 bridgehead atoms. The van der Waals surface area contributed by atoms with Gasteiger partial charge in [0.05, 0.1) is 0 Å². The third-order valence-corrected chi connectivity index (χ3v) is 7.59. The lowest BCUT2D eigenvalue weighted by Crippen LogP contribution is -2.54. The third-order valence-electron chi connectivity index (χ3n) is 7.59. The van der Waals surface area contributed by atoms with E-state index in [1.807, 2.05) is 23.1 Å². The lowest BCUT2D eigenvalue weighted by Gasteiger charge is -2.40. The highest BCUT2D eigenvalue weighted by atomic mass is 16.2. The van der Waals surface area contributed by atoms with E-state index in [9.17, 15) is 4.79 Å². The molecule has 2 saturated heterocycles. The molecule has 2 fully saturated rings. The number of hydrogen-bond acceptors (Lipinski definition) is 3. The van der Waals surface area contributed by atoms with Crippen LogP contribution in [-0.2, 0) is 13.1 Å². The fourth-order valence-electron chi connectivity index (χ4n) is 5.58. The number of anilines is 1. The van der Waals surface area contributed by atoms with Gasteiger partial charge in [-0.2, -0.15) is 0 Å². The van der Waals surface area contributed by atoms with E-state index in [1.165, 1.54) is 11.1 Å². The first-order valence-corrected chi connectivity index (χ1v) is 13.4. The standard InChI is InChI=1S/C31H38N4O/c36-31(32-28-16-20-33(21-17-28)24-26-10-4-1-5-11-26)35(29-14-8-3-9-15-29)30-18-22-34(23-19-30)25-27-12-6-2-7-13-27/h1-15,28,30H,16-25H2,(H,32,36). The molecule has 0 atom stereocenters. The number of para-hydroxylation sites is 1. The fourth-order valence-corrected chi connectivity index (χ4v) is 5.58. The second-order valence-electron chi connectivity index (χ2n) is 10.2. The highest BCUT2D eigenvalue weighted by Gasteiger charge is 2.31. The van der Waals surface area contributed by atoms with Crippen molar-refractivity contribution in [1.82, 2.24) is 15.1 Å². The zero-order chi connectivity index (χ0) is 24.6. The van der Waals surface area contributed by atoms with Crippen molar-refractivity contribution in [2.45, 2.75) is 50.9 Å². The van der Waals surface area contributed by atoms with E-state index in [4.69, 9.17) is 0 Å². The second-order valence-corrected chi connectivity index (χ2v) is 10.2. The Labute approximate surface area is 215 Å². The molecule has 2 aliphatic heterocycles. The van der Waals surface area contributed by atoms with E-state index in [0.717, 1.165) is 70.6 Å². The second kappa shape index (κ2) is 12.2. The fraction of sp³-hybridized carbons (Fsp3) is 0.387. The predicted octanol–water partition coefficient (Wildman–Crippen LogP) is 5.53. The van der Waals surface area contributed by atoms with Crippen molar-refractivity contribution in [3.8, 4) is 0 Å². The Hall–Kier alpha value is -3.15. The summed E-state index contributed by atoms with van der Waals surface area (Å²) in [6.45, 7) is 6.01. The number of piperidine rings is 2. The molecule has 5 nitrogen and oxygen atoms in total. The van der Waals surface area contributed by atoms with Crippen LogP contribution in [0.15, 0.2) is 91.0 Å². The molecule has 2 amide bonds. The number of hydrogen-bond donors (Lipinski definition) is 1. The van der Waals surface area contributed by atoms with Gasteiger partial charge in [-0.3, -0.25) is 14.7 Å². The van der Waals surface area contributed by atoms with Crippen LogP contribution in [-0.4, -0.2) is 54.1 Å². The number of carbonyl (C=O) groups is 1. The van der Waals surface area contributed by atoms with Crippen molar-refractivity contribution in [3.63, 3.8) is 0 Å². The summed E-state index contributed by atoms with van der Waals surface area (Å²) >= 11 is 0. The van der Waals surface area contributed by atoms with Crippen LogP contribution in [0.25, 0.3) is 0 Å². The molecular formula is C31H38N4O. The van der Waals surface area contributed by atoms with Crippen LogP contribution in [0, 0.1) is 0 Å². The van der Waals surface area contributed by atoms with Gasteiger partial charge in [0.1, 0.15) is 0 Å². The first-order valence-electron chi connectivity index (χ1n) is 13.4. The Morgan fingerprint density at radius 2 is 1.11 bits per heavy atom. The van der Waals surface area contributed by atoms with Gasteiger partial charge in [0, 0.05) is 57.0 Å². The van der Waals surface area contributed by atoms with Crippen molar-refractivity contribution in [2.24, 2.45) is 0 Å². The van der Waals surface area contributed by atoms with Crippen molar-refractivity contribution < 1.29 is 4.79 Å². The van der Waals surface area contributed by atoms with Gasteiger partial charge in [-0.15, -0.1) is 0 Å². The van der Waals surface area contributed by atoms with Crippen LogP contribution in [0.4, 0.5) is 10.5 Å². The van der Waals surface area contributed by atoms with Crippen LogP contribution in [0.5, 0.6) is 0 Å². The van der Waals surface area contributed by atoms with Crippen LogP contribution in [0.2, 0.25) is 0 Å². The molecule has 5 heteroatoms. The van der Waals surface area contributed by atoms with Gasteiger partial charge >= 0.3 is 6.03 Å². The number of rotatable bonds is 7. The van der Waals surface area contributed by atoms with Crippen LogP contribution >= 0.6 is 0 Å². The maximum atomic E-state index is 13.6. The molecule has 0 spiro atoms. The van der Waals surface area contributed by atoms with Crippen molar-refractivity contribution in [2.75, 3.05) is 31.1 Å². The SMILES string of the molecule is O=C(NC1CCN(Cc2ccccc2)CC1)N(c1ccccc1)C1CCN(Cc2ccccc2)CC1. The molecular weight excluding hydrogens is 444 g/mol. The van der Waals surface area contributed by atoms with E-state index >= 15 is 0 Å². The minimum Gasteiger partial charge on any atom is -0.335 e. The Morgan fingerprint density at radius 3 is 1.61 bits per heavy atom. The molecule has 188 valence electrons. The van der Waals surface area contributed by atoms with Gasteiger partial charge < -0.3 is 5.32 Å². The van der Waals surface area contributed by atoms with E-state index < -0.39 is 0 Å².